The van der Waals surface area contributed by atoms with Crippen LogP contribution in [0.25, 0.3) is 0 Å². The number of rotatable bonds is 6. The molecule has 14 nitrogen and oxygen atoms in total. The molecule has 4 aliphatic rings. The van der Waals surface area contributed by atoms with Gasteiger partial charge in [-0.1, -0.05) is 0 Å². The number of carbonyl (C=O) groups is 2. The van der Waals surface area contributed by atoms with E-state index >= 15 is 0 Å². The Balaban J connectivity index is 1.36. The Hall–Kier alpha value is -1.83. The lowest BCUT2D eigenvalue weighted by atomic mass is 9.77. The van der Waals surface area contributed by atoms with Crippen molar-refractivity contribution in [1.29, 1.82) is 0 Å². The number of alkyl halides is 1. The van der Waals surface area contributed by atoms with Crippen molar-refractivity contribution >= 4 is 99.1 Å². The third-order valence-electron chi connectivity index (χ3n) is 8.41. The van der Waals surface area contributed by atoms with Crippen molar-refractivity contribution in [3.8, 4) is 0 Å². The maximum absolute atomic E-state index is 13.1. The Morgan fingerprint density at radius 1 is 1.02 bits per heavy atom. The predicted molar refractivity (Wildman–Crippen MR) is 161 cm³/mol. The van der Waals surface area contributed by atoms with Crippen molar-refractivity contribution < 1.29 is 29.4 Å². The first kappa shape index (κ1) is 29.3. The van der Waals surface area contributed by atoms with Gasteiger partial charge < -0.3 is 30.8 Å². The number of aromatic nitrogens is 2. The van der Waals surface area contributed by atoms with E-state index in [2.05, 4.69) is 99.9 Å². The fourth-order valence-electron chi connectivity index (χ4n) is 6.91. The first-order valence-corrected chi connectivity index (χ1v) is 16.0. The third-order valence-corrected chi connectivity index (χ3v) is 12.6. The molecule has 1 aliphatic carbocycles. The van der Waals surface area contributed by atoms with Gasteiger partial charge >= 0.3 is 11.9 Å². The van der Waals surface area contributed by atoms with Crippen molar-refractivity contribution in [1.82, 2.24) is 31.2 Å². The molecule has 5 heterocycles. The van der Waals surface area contributed by atoms with Crippen LogP contribution >= 0.6 is 75.3 Å². The summed E-state index contributed by atoms with van der Waals surface area (Å²) in [5.74, 6) is -2.51. The van der Waals surface area contributed by atoms with Gasteiger partial charge in [-0.2, -0.15) is 0 Å². The molecule has 1 saturated carbocycles. The van der Waals surface area contributed by atoms with Crippen molar-refractivity contribution in [3.05, 3.63) is 41.7 Å². The summed E-state index contributed by atoms with van der Waals surface area (Å²) >= 11 is 20.6. The molecule has 220 valence electrons. The highest BCUT2D eigenvalue weighted by Gasteiger charge is 2.85. The number of aliphatic hydroxyl groups excluding tert-OH is 1. The normalized spacial score (nSPS) is 35.0. The highest BCUT2D eigenvalue weighted by molar-refractivity contribution is 9.13. The number of guanidine groups is 2. The lowest BCUT2D eigenvalue weighted by molar-refractivity contribution is -0.779. The van der Waals surface area contributed by atoms with E-state index in [0.29, 0.717) is 29.5 Å². The van der Waals surface area contributed by atoms with Crippen LogP contribution in [0.1, 0.15) is 21.0 Å². The summed E-state index contributed by atoms with van der Waals surface area (Å²) in [7, 11) is 0. The quantitative estimate of drug-likeness (QED) is 0.116. The maximum Gasteiger partial charge on any atom is 0.349 e. The van der Waals surface area contributed by atoms with Crippen LogP contribution in [0.15, 0.2) is 30.3 Å². The molecule has 8 atom stereocenters. The van der Waals surface area contributed by atoms with Gasteiger partial charge in [-0.25, -0.2) is 20.2 Å². The molecule has 0 bridgehead atoms. The molecule has 0 radical (unpaired) electrons. The van der Waals surface area contributed by atoms with Crippen molar-refractivity contribution in [2.24, 2.45) is 29.2 Å². The first-order valence-electron chi connectivity index (χ1n) is 12.3. The molecule has 2 fully saturated rings. The van der Waals surface area contributed by atoms with Gasteiger partial charge in [-0.15, -0.1) is 11.6 Å². The van der Waals surface area contributed by atoms with Gasteiger partial charge in [-0.3, -0.25) is 21.1 Å². The second-order valence-electron chi connectivity index (χ2n) is 10.4. The van der Waals surface area contributed by atoms with E-state index < -0.39 is 52.7 Å². The number of nitrogens with one attached hydrogen (secondary N) is 7. The minimum atomic E-state index is -1.73. The van der Waals surface area contributed by atoms with Crippen LogP contribution < -0.4 is 37.7 Å². The van der Waals surface area contributed by atoms with Crippen LogP contribution in [0.2, 0.25) is 0 Å². The fraction of sp³-hybridized carbons (Fsp3) is 0.455. The van der Waals surface area contributed by atoms with Crippen LogP contribution in [0, 0.1) is 17.8 Å². The van der Waals surface area contributed by atoms with Crippen LogP contribution in [-0.2, 0) is 0 Å². The standard InChI is InChI=1S/C22H23Br4ClN10O4/c23-7-1-9(32-13(7)25)15(38)30-3-5-6(4-31-16(39)10-2-8(24)14(26)33-10)12(27)21-11(5)22(41)17(34-19(28)36-22)37(21)20(29)35-18(21)40/h1-2,5-6,11-12,17-18,40-41H,3-4H2,(H9,28,29,30,31,32,33,34,35,36,38,39)/p+2/t5-,6-,11+,12+,17-,18+,21+,22-/m0/s1. The minimum Gasteiger partial charge on any atom is -0.358 e. The van der Waals surface area contributed by atoms with E-state index in [-0.39, 0.29) is 30.9 Å². The molecule has 19 heteroatoms. The van der Waals surface area contributed by atoms with Gasteiger partial charge in [-0.05, 0) is 81.8 Å². The monoisotopic (exact) mass is 844 g/mol. The molecule has 41 heavy (non-hydrogen) atoms. The number of H-pyrrole nitrogens is 2. The number of hydrogen-bond acceptors (Lipinski definition) is 8. The summed E-state index contributed by atoms with van der Waals surface area (Å²) in [6.45, 7) is 0.105. The topological polar surface area (TPSA) is 223 Å². The molecular formula is C22H25Br4ClN10O4+2. The van der Waals surface area contributed by atoms with Crippen LogP contribution in [-0.4, -0.2) is 90.6 Å². The summed E-state index contributed by atoms with van der Waals surface area (Å²) in [4.78, 5) is 35.1. The van der Waals surface area contributed by atoms with E-state index in [0.717, 1.165) is 0 Å². The second-order valence-corrected chi connectivity index (χ2v) is 14.2. The minimum absolute atomic E-state index is 0.0416. The highest BCUT2D eigenvalue weighted by atomic mass is 79.9. The van der Waals surface area contributed by atoms with Crippen LogP contribution in [0.3, 0.4) is 0 Å². The number of halogens is 5. The number of nitrogens with zero attached hydrogens (tertiary/aromatic N) is 1. The highest BCUT2D eigenvalue weighted by Crippen LogP contribution is 2.59. The summed E-state index contributed by atoms with van der Waals surface area (Å²) < 4.78 is 4.20. The van der Waals surface area contributed by atoms with Gasteiger partial charge in [0.15, 0.2) is 5.54 Å². The summed E-state index contributed by atoms with van der Waals surface area (Å²) in [6, 6.07) is 3.26. The Bertz CT molecular complexity index is 1490. The Kier molecular flexibility index (Phi) is 7.22. The van der Waals surface area contributed by atoms with E-state index in [4.69, 9.17) is 23.1 Å². The van der Waals surface area contributed by atoms with Gasteiger partial charge in [0.05, 0.1) is 29.4 Å². The molecule has 1 spiro atoms. The molecule has 0 unspecified atom stereocenters. The van der Waals surface area contributed by atoms with Crippen LogP contribution in [0.4, 0.5) is 0 Å². The number of nitrogens with two attached hydrogens (primary N) is 2. The summed E-state index contributed by atoms with van der Waals surface area (Å²) in [5.41, 5.74) is 9.93. The fourth-order valence-corrected chi connectivity index (χ4v) is 8.86. The Morgan fingerprint density at radius 2 is 1.56 bits per heavy atom. The Morgan fingerprint density at radius 3 is 2.07 bits per heavy atom. The van der Waals surface area contributed by atoms with E-state index in [1.165, 1.54) is 0 Å². The zero-order valence-corrected chi connectivity index (χ0v) is 27.8. The smallest absolute Gasteiger partial charge is 0.349 e. The lowest BCUT2D eigenvalue weighted by Crippen LogP contribution is -2.84. The van der Waals surface area contributed by atoms with Crippen molar-refractivity contribution in [2.75, 3.05) is 13.1 Å². The average Bonchev–Trinajstić information content (AvgIpc) is 3.67. The van der Waals surface area contributed by atoms with E-state index in [1.54, 1.807) is 16.7 Å². The lowest BCUT2D eigenvalue weighted by Gasteiger charge is -2.33. The van der Waals surface area contributed by atoms with Gasteiger partial charge in [0.25, 0.3) is 23.7 Å². The zero-order chi connectivity index (χ0) is 29.6. The summed E-state index contributed by atoms with van der Waals surface area (Å²) in [5, 5.41) is 34.3. The molecule has 0 aromatic carbocycles. The number of amides is 2. The molecule has 2 aromatic heterocycles. The van der Waals surface area contributed by atoms with Gasteiger partial charge in [0, 0.05) is 19.0 Å². The van der Waals surface area contributed by atoms with Crippen LogP contribution in [0.5, 0.6) is 0 Å². The largest absolute Gasteiger partial charge is 0.358 e. The molecule has 3 aliphatic heterocycles. The van der Waals surface area contributed by atoms with Gasteiger partial charge in [0.1, 0.15) is 11.4 Å². The van der Waals surface area contributed by atoms with E-state index in [9.17, 15) is 19.8 Å². The van der Waals surface area contributed by atoms with Crippen molar-refractivity contribution in [3.63, 3.8) is 0 Å². The number of aromatic amines is 2. The first-order chi connectivity index (χ1) is 19.3. The van der Waals surface area contributed by atoms with Gasteiger partial charge in [0.2, 0.25) is 6.23 Å². The molecule has 2 aromatic rings. The zero-order valence-electron chi connectivity index (χ0n) is 20.7. The number of carbonyl (C=O) groups excluding carboxylic acids is 2. The number of hydrogen-bond donors (Lipinski definition) is 11. The SMILES string of the molecule is NC1=[NH+][C@H]2[N+]3=C(N)N[C@H](O)[C@@]34[C@H](Cl)[C@@H](CNC(=O)c3cc(Br)c(Br)[nH]3)[C@H](CNC(=O)c3cc(Br)c(Br)[nH]3)[C@H]4[C@@]2(O)N1. The molecule has 1 saturated heterocycles. The summed E-state index contributed by atoms with van der Waals surface area (Å²) in [6.07, 6.45) is -2.14. The average molecular weight is 849 g/mol. The molecule has 13 N–H and O–H groups in total. The molecule has 2 amide bonds. The maximum atomic E-state index is 13.1. The molecular weight excluding hydrogens is 823 g/mol. The Labute approximate surface area is 271 Å². The number of aliphatic hydroxyl groups is 2. The third kappa shape index (κ3) is 4.19. The number of fused-ring (bicyclic) bond motifs is 3. The van der Waals surface area contributed by atoms with E-state index in [1.807, 2.05) is 0 Å². The second kappa shape index (κ2) is 10.1. The molecule has 6 rings (SSSR count). The van der Waals surface area contributed by atoms with Crippen molar-refractivity contribution in [2.45, 2.75) is 29.0 Å². The predicted octanol–water partition coefficient (Wildman–Crippen LogP) is -1.96.